The van der Waals surface area contributed by atoms with Crippen molar-refractivity contribution in [3.63, 3.8) is 0 Å². The highest BCUT2D eigenvalue weighted by atomic mass is 19.3. The topological polar surface area (TPSA) is 84.7 Å². The standard InChI is InChI=1S/C19H27F2N3O4/c1-12-8-13(16(20)21)9-14(15(12)24(26)27)10-19(5)11-22-6-7-23(19)17(25)28-18(2,3)4/h8-9,16,22H,6-7,10-11H2,1-5H3/t19-/m0/s1. The molecule has 0 saturated carbocycles. The van der Waals surface area contributed by atoms with Gasteiger partial charge < -0.3 is 10.1 Å². The highest BCUT2D eigenvalue weighted by Crippen LogP contribution is 2.34. The van der Waals surface area contributed by atoms with Gasteiger partial charge in [-0.3, -0.25) is 15.0 Å². The summed E-state index contributed by atoms with van der Waals surface area (Å²) >= 11 is 0. The van der Waals surface area contributed by atoms with Crippen molar-refractivity contribution in [3.8, 4) is 0 Å². The van der Waals surface area contributed by atoms with E-state index in [1.807, 2.05) is 0 Å². The molecule has 1 saturated heterocycles. The molecule has 1 fully saturated rings. The second-order valence-electron chi connectivity index (χ2n) is 8.39. The highest BCUT2D eigenvalue weighted by molar-refractivity contribution is 5.69. The van der Waals surface area contributed by atoms with Gasteiger partial charge >= 0.3 is 6.09 Å². The highest BCUT2D eigenvalue weighted by Gasteiger charge is 2.41. The fraction of sp³-hybridized carbons (Fsp3) is 0.632. The van der Waals surface area contributed by atoms with E-state index in [0.717, 1.165) is 6.07 Å². The Bertz CT molecular complexity index is 764. The van der Waals surface area contributed by atoms with Gasteiger partial charge in [0.1, 0.15) is 5.60 Å². The molecule has 1 aliphatic heterocycles. The number of nitrogens with one attached hydrogen (secondary N) is 1. The molecule has 0 radical (unpaired) electrons. The lowest BCUT2D eigenvalue weighted by Gasteiger charge is -2.45. The molecule has 0 aromatic heterocycles. The Morgan fingerprint density at radius 2 is 2.07 bits per heavy atom. The molecular weight excluding hydrogens is 372 g/mol. The van der Waals surface area contributed by atoms with Crippen LogP contribution in [-0.2, 0) is 11.2 Å². The number of nitro groups is 1. The number of alkyl halides is 2. The predicted molar refractivity (Wildman–Crippen MR) is 101 cm³/mol. The van der Waals surface area contributed by atoms with Crippen LogP contribution in [0.5, 0.6) is 0 Å². The summed E-state index contributed by atoms with van der Waals surface area (Å²) in [6.07, 6.45) is -3.21. The summed E-state index contributed by atoms with van der Waals surface area (Å²) in [5.41, 5.74) is -1.66. The van der Waals surface area contributed by atoms with Gasteiger partial charge in [0, 0.05) is 42.7 Å². The number of aryl methyl sites for hydroxylation is 1. The van der Waals surface area contributed by atoms with Crippen molar-refractivity contribution in [1.29, 1.82) is 0 Å². The zero-order valence-electron chi connectivity index (χ0n) is 16.8. The maximum Gasteiger partial charge on any atom is 0.410 e. The molecule has 1 heterocycles. The lowest BCUT2D eigenvalue weighted by molar-refractivity contribution is -0.386. The number of piperazine rings is 1. The number of carbonyl (C=O) groups is 1. The minimum atomic E-state index is -2.74. The minimum Gasteiger partial charge on any atom is -0.444 e. The molecule has 0 spiro atoms. The third kappa shape index (κ3) is 4.95. The SMILES string of the molecule is Cc1cc(C(F)F)cc(C[C@@]2(C)CNCCN2C(=O)OC(C)(C)C)c1[N+](=O)[O-]. The maximum atomic E-state index is 13.3. The van der Waals surface area contributed by atoms with Crippen LogP contribution in [0.4, 0.5) is 19.3 Å². The van der Waals surface area contributed by atoms with Gasteiger partial charge in [-0.05, 0) is 46.8 Å². The van der Waals surface area contributed by atoms with E-state index in [0.29, 0.717) is 19.6 Å². The Hall–Kier alpha value is -2.29. The largest absolute Gasteiger partial charge is 0.444 e. The van der Waals surface area contributed by atoms with Crippen LogP contribution < -0.4 is 5.32 Å². The molecule has 1 aromatic carbocycles. The smallest absolute Gasteiger partial charge is 0.410 e. The molecule has 156 valence electrons. The van der Waals surface area contributed by atoms with Gasteiger partial charge in [-0.15, -0.1) is 0 Å². The average molecular weight is 399 g/mol. The normalized spacial score (nSPS) is 20.4. The first kappa shape index (κ1) is 22.0. The first-order chi connectivity index (χ1) is 12.8. The van der Waals surface area contributed by atoms with Crippen LogP contribution in [0.25, 0.3) is 0 Å². The molecule has 1 aliphatic rings. The zero-order valence-corrected chi connectivity index (χ0v) is 16.8. The number of carbonyl (C=O) groups excluding carboxylic acids is 1. The van der Waals surface area contributed by atoms with Gasteiger partial charge in [-0.1, -0.05) is 0 Å². The van der Waals surface area contributed by atoms with Crippen LogP contribution in [0.3, 0.4) is 0 Å². The summed E-state index contributed by atoms with van der Waals surface area (Å²) in [7, 11) is 0. The van der Waals surface area contributed by atoms with E-state index in [9.17, 15) is 23.7 Å². The lowest BCUT2D eigenvalue weighted by atomic mass is 9.87. The van der Waals surface area contributed by atoms with Crippen molar-refractivity contribution in [2.24, 2.45) is 0 Å². The fourth-order valence-corrected chi connectivity index (χ4v) is 3.52. The minimum absolute atomic E-state index is 0.0525. The van der Waals surface area contributed by atoms with Crippen LogP contribution in [0, 0.1) is 17.0 Å². The third-order valence-electron chi connectivity index (χ3n) is 4.69. The molecule has 9 heteroatoms. The number of benzene rings is 1. The van der Waals surface area contributed by atoms with Gasteiger partial charge in [-0.25, -0.2) is 13.6 Å². The molecule has 1 amide bonds. The molecule has 7 nitrogen and oxygen atoms in total. The van der Waals surface area contributed by atoms with Crippen LogP contribution in [0.1, 0.15) is 50.8 Å². The van der Waals surface area contributed by atoms with Gasteiger partial charge in [0.2, 0.25) is 0 Å². The molecule has 1 atom stereocenters. The number of rotatable bonds is 4. The molecule has 0 aliphatic carbocycles. The van der Waals surface area contributed by atoms with Crippen LogP contribution in [0.15, 0.2) is 12.1 Å². The third-order valence-corrected chi connectivity index (χ3v) is 4.69. The summed E-state index contributed by atoms with van der Waals surface area (Å²) in [5.74, 6) is 0. The van der Waals surface area contributed by atoms with Gasteiger partial charge in [-0.2, -0.15) is 0 Å². The summed E-state index contributed by atoms with van der Waals surface area (Å²) < 4.78 is 32.0. The Morgan fingerprint density at radius 3 is 2.61 bits per heavy atom. The summed E-state index contributed by atoms with van der Waals surface area (Å²) in [6, 6.07) is 2.31. The van der Waals surface area contributed by atoms with Crippen molar-refractivity contribution in [2.45, 2.75) is 58.6 Å². The van der Waals surface area contributed by atoms with Crippen molar-refractivity contribution < 1.29 is 23.2 Å². The monoisotopic (exact) mass is 399 g/mol. The van der Waals surface area contributed by atoms with Gasteiger partial charge in [0.05, 0.1) is 10.5 Å². The van der Waals surface area contributed by atoms with E-state index in [4.69, 9.17) is 4.74 Å². The zero-order chi connectivity index (χ0) is 21.3. The number of ether oxygens (including phenoxy) is 1. The van der Waals surface area contributed by atoms with Crippen molar-refractivity contribution >= 4 is 11.8 Å². The van der Waals surface area contributed by atoms with E-state index in [1.165, 1.54) is 17.9 Å². The van der Waals surface area contributed by atoms with Crippen molar-refractivity contribution in [2.75, 3.05) is 19.6 Å². The fourth-order valence-electron chi connectivity index (χ4n) is 3.52. The summed E-state index contributed by atoms with van der Waals surface area (Å²) in [4.78, 5) is 25.2. The van der Waals surface area contributed by atoms with Gasteiger partial charge in [0.15, 0.2) is 0 Å². The number of halogens is 2. The lowest BCUT2D eigenvalue weighted by Crippen LogP contribution is -2.63. The van der Waals surface area contributed by atoms with E-state index >= 15 is 0 Å². The molecule has 1 N–H and O–H groups in total. The Labute approximate surface area is 163 Å². The first-order valence-corrected chi connectivity index (χ1v) is 9.11. The number of nitrogens with zero attached hydrogens (tertiary/aromatic N) is 2. The van der Waals surface area contributed by atoms with Crippen LogP contribution in [-0.4, -0.2) is 46.7 Å². The Kier molecular flexibility index (Phi) is 6.27. The quantitative estimate of drug-likeness (QED) is 0.611. The van der Waals surface area contributed by atoms with Crippen molar-refractivity contribution in [3.05, 3.63) is 38.9 Å². The summed E-state index contributed by atoms with van der Waals surface area (Å²) in [5, 5.41) is 14.7. The van der Waals surface area contributed by atoms with E-state index in [1.54, 1.807) is 27.7 Å². The predicted octanol–water partition coefficient (Wildman–Crippen LogP) is 3.98. The maximum absolute atomic E-state index is 13.3. The number of hydrogen-bond donors (Lipinski definition) is 1. The van der Waals surface area contributed by atoms with Gasteiger partial charge in [0.25, 0.3) is 12.1 Å². The Morgan fingerprint density at radius 1 is 1.43 bits per heavy atom. The Balaban J connectivity index is 2.45. The number of nitro benzene ring substituents is 1. The number of amides is 1. The average Bonchev–Trinajstić information content (AvgIpc) is 2.52. The molecule has 1 aromatic rings. The molecule has 2 rings (SSSR count). The van der Waals surface area contributed by atoms with E-state index in [2.05, 4.69) is 5.32 Å². The second-order valence-corrected chi connectivity index (χ2v) is 8.39. The molecular formula is C19H27F2N3O4. The second kappa shape index (κ2) is 7.98. The summed E-state index contributed by atoms with van der Waals surface area (Å²) in [6.45, 7) is 9.75. The molecule has 0 bridgehead atoms. The molecule has 28 heavy (non-hydrogen) atoms. The van der Waals surface area contributed by atoms with E-state index < -0.39 is 28.6 Å². The van der Waals surface area contributed by atoms with E-state index in [-0.39, 0.29) is 28.8 Å². The first-order valence-electron chi connectivity index (χ1n) is 9.11. The number of hydrogen-bond acceptors (Lipinski definition) is 5. The van der Waals surface area contributed by atoms with Crippen LogP contribution >= 0.6 is 0 Å². The van der Waals surface area contributed by atoms with Crippen molar-refractivity contribution in [1.82, 2.24) is 10.2 Å². The molecule has 0 unspecified atom stereocenters. The van der Waals surface area contributed by atoms with Crippen LogP contribution in [0.2, 0.25) is 0 Å².